The molecule has 2 heterocycles. The van der Waals surface area contributed by atoms with Crippen LogP contribution < -0.4 is 5.32 Å². The SMILES string of the molecule is O[C@@H]1CNC[C@H]1Cc1coc(Br)c1. The largest absolute Gasteiger partial charge is 0.457 e. The fourth-order valence-electron chi connectivity index (χ4n) is 1.68. The van der Waals surface area contributed by atoms with Gasteiger partial charge in [-0.3, -0.25) is 0 Å². The maximum Gasteiger partial charge on any atom is 0.169 e. The lowest BCUT2D eigenvalue weighted by atomic mass is 9.99. The third-order valence-corrected chi connectivity index (χ3v) is 2.84. The van der Waals surface area contributed by atoms with Gasteiger partial charge in [0.05, 0.1) is 12.4 Å². The Morgan fingerprint density at radius 3 is 3.00 bits per heavy atom. The lowest BCUT2D eigenvalue weighted by Crippen LogP contribution is -2.19. The molecule has 2 N–H and O–H groups in total. The molecule has 0 amide bonds. The topological polar surface area (TPSA) is 45.4 Å². The molecule has 72 valence electrons. The smallest absolute Gasteiger partial charge is 0.169 e. The predicted octanol–water partition coefficient (Wildman–Crippen LogP) is 1.16. The standard InChI is InChI=1S/C9H12BrNO2/c10-9-2-6(5-13-9)1-7-3-11-4-8(7)12/h2,5,7-8,11-12H,1,3-4H2/t7-,8-/m1/s1. The Kier molecular flexibility index (Phi) is 2.71. The molecule has 1 fully saturated rings. The van der Waals surface area contributed by atoms with Gasteiger partial charge < -0.3 is 14.8 Å². The van der Waals surface area contributed by atoms with Crippen molar-refractivity contribution in [3.05, 3.63) is 22.6 Å². The first kappa shape index (κ1) is 9.24. The van der Waals surface area contributed by atoms with Gasteiger partial charge in [-0.1, -0.05) is 0 Å². The number of furan rings is 1. The molecule has 0 aromatic carbocycles. The van der Waals surface area contributed by atoms with Crippen molar-refractivity contribution >= 4 is 15.9 Å². The van der Waals surface area contributed by atoms with Crippen molar-refractivity contribution in [1.82, 2.24) is 5.32 Å². The van der Waals surface area contributed by atoms with E-state index < -0.39 is 0 Å². The maximum absolute atomic E-state index is 9.55. The van der Waals surface area contributed by atoms with E-state index in [1.807, 2.05) is 6.07 Å². The van der Waals surface area contributed by atoms with Gasteiger partial charge in [0.15, 0.2) is 4.67 Å². The molecule has 0 bridgehead atoms. The molecule has 13 heavy (non-hydrogen) atoms. The number of nitrogens with one attached hydrogen (secondary N) is 1. The van der Waals surface area contributed by atoms with E-state index in [4.69, 9.17) is 4.42 Å². The van der Waals surface area contributed by atoms with Crippen molar-refractivity contribution in [2.75, 3.05) is 13.1 Å². The van der Waals surface area contributed by atoms with E-state index in [0.29, 0.717) is 12.5 Å². The van der Waals surface area contributed by atoms with Crippen molar-refractivity contribution in [3.8, 4) is 0 Å². The zero-order chi connectivity index (χ0) is 9.26. The zero-order valence-corrected chi connectivity index (χ0v) is 8.75. The van der Waals surface area contributed by atoms with E-state index in [9.17, 15) is 5.11 Å². The van der Waals surface area contributed by atoms with Crippen LogP contribution >= 0.6 is 15.9 Å². The number of aliphatic hydroxyl groups excluding tert-OH is 1. The lowest BCUT2D eigenvalue weighted by molar-refractivity contribution is 0.147. The van der Waals surface area contributed by atoms with E-state index >= 15 is 0 Å². The first-order valence-electron chi connectivity index (χ1n) is 4.37. The van der Waals surface area contributed by atoms with Gasteiger partial charge in [0.1, 0.15) is 0 Å². The van der Waals surface area contributed by atoms with Gasteiger partial charge in [0.25, 0.3) is 0 Å². The average Bonchev–Trinajstić information content (AvgIpc) is 2.64. The Labute approximate surface area is 85.3 Å². The number of halogens is 1. The summed E-state index contributed by atoms with van der Waals surface area (Å²) in [6, 6.07) is 1.95. The van der Waals surface area contributed by atoms with Gasteiger partial charge in [-0.25, -0.2) is 0 Å². The quantitative estimate of drug-likeness (QED) is 0.823. The van der Waals surface area contributed by atoms with E-state index in [1.165, 1.54) is 0 Å². The maximum atomic E-state index is 9.55. The minimum Gasteiger partial charge on any atom is -0.457 e. The van der Waals surface area contributed by atoms with Crippen LogP contribution in [0.3, 0.4) is 0 Å². The molecule has 1 saturated heterocycles. The summed E-state index contributed by atoms with van der Waals surface area (Å²) in [5.41, 5.74) is 1.14. The third kappa shape index (κ3) is 2.13. The number of hydrogen-bond donors (Lipinski definition) is 2. The molecule has 1 aromatic rings. The van der Waals surface area contributed by atoms with Gasteiger partial charge in [-0.2, -0.15) is 0 Å². The molecule has 1 aromatic heterocycles. The Morgan fingerprint density at radius 2 is 2.46 bits per heavy atom. The van der Waals surface area contributed by atoms with E-state index in [1.54, 1.807) is 6.26 Å². The fourth-order valence-corrected chi connectivity index (χ4v) is 2.07. The molecule has 2 atom stereocenters. The van der Waals surface area contributed by atoms with Crippen molar-refractivity contribution in [3.63, 3.8) is 0 Å². The molecule has 0 spiro atoms. The molecule has 1 aliphatic heterocycles. The molecule has 1 aliphatic rings. The van der Waals surface area contributed by atoms with Gasteiger partial charge in [0, 0.05) is 19.0 Å². The van der Waals surface area contributed by atoms with Crippen molar-refractivity contribution in [2.45, 2.75) is 12.5 Å². The van der Waals surface area contributed by atoms with Crippen LogP contribution in [0.4, 0.5) is 0 Å². The number of aliphatic hydroxyl groups is 1. The second kappa shape index (κ2) is 3.82. The van der Waals surface area contributed by atoms with E-state index in [-0.39, 0.29) is 6.10 Å². The zero-order valence-electron chi connectivity index (χ0n) is 7.16. The summed E-state index contributed by atoms with van der Waals surface area (Å²) in [7, 11) is 0. The normalized spacial score (nSPS) is 28.2. The van der Waals surface area contributed by atoms with E-state index in [0.717, 1.165) is 23.2 Å². The number of rotatable bonds is 2. The van der Waals surface area contributed by atoms with Crippen molar-refractivity contribution < 1.29 is 9.52 Å². The van der Waals surface area contributed by atoms with Crippen molar-refractivity contribution in [1.29, 1.82) is 0 Å². The van der Waals surface area contributed by atoms with Crippen LogP contribution in [0.1, 0.15) is 5.56 Å². The van der Waals surface area contributed by atoms with Crippen LogP contribution in [0.15, 0.2) is 21.4 Å². The summed E-state index contributed by atoms with van der Waals surface area (Å²) in [5, 5.41) is 12.7. The Hall–Kier alpha value is -0.320. The minimum absolute atomic E-state index is 0.214. The average molecular weight is 246 g/mol. The summed E-state index contributed by atoms with van der Waals surface area (Å²) in [6.45, 7) is 1.60. The molecule has 2 rings (SSSR count). The van der Waals surface area contributed by atoms with Gasteiger partial charge >= 0.3 is 0 Å². The Morgan fingerprint density at radius 1 is 1.62 bits per heavy atom. The Bertz CT molecular complexity index is 287. The summed E-state index contributed by atoms with van der Waals surface area (Å²) in [6.07, 6.45) is 2.40. The Balaban J connectivity index is 1.97. The van der Waals surface area contributed by atoms with Crippen LogP contribution in [0, 0.1) is 5.92 Å². The summed E-state index contributed by atoms with van der Waals surface area (Å²) in [5.74, 6) is 0.324. The third-order valence-electron chi connectivity index (χ3n) is 2.42. The molecule has 3 nitrogen and oxygen atoms in total. The van der Waals surface area contributed by atoms with Crippen molar-refractivity contribution in [2.24, 2.45) is 5.92 Å². The molecule has 0 saturated carbocycles. The minimum atomic E-state index is -0.214. The summed E-state index contributed by atoms with van der Waals surface area (Å²) in [4.78, 5) is 0. The van der Waals surface area contributed by atoms with Gasteiger partial charge in [0.2, 0.25) is 0 Å². The van der Waals surface area contributed by atoms with Crippen LogP contribution in [-0.2, 0) is 6.42 Å². The monoisotopic (exact) mass is 245 g/mol. The fraction of sp³-hybridized carbons (Fsp3) is 0.556. The molecule has 0 radical (unpaired) electrons. The highest BCUT2D eigenvalue weighted by atomic mass is 79.9. The first-order valence-corrected chi connectivity index (χ1v) is 5.16. The summed E-state index contributed by atoms with van der Waals surface area (Å²) < 4.78 is 5.88. The van der Waals surface area contributed by atoms with Crippen LogP contribution in [0.25, 0.3) is 0 Å². The highest BCUT2D eigenvalue weighted by molar-refractivity contribution is 9.10. The first-order chi connectivity index (χ1) is 6.25. The van der Waals surface area contributed by atoms with Crippen LogP contribution in [0.2, 0.25) is 0 Å². The second-order valence-corrected chi connectivity index (χ2v) is 4.23. The predicted molar refractivity (Wildman–Crippen MR) is 52.5 cm³/mol. The number of hydrogen-bond acceptors (Lipinski definition) is 3. The van der Waals surface area contributed by atoms with Crippen LogP contribution in [-0.4, -0.2) is 24.3 Å². The molecular weight excluding hydrogens is 234 g/mol. The molecule has 0 unspecified atom stereocenters. The molecule has 0 aliphatic carbocycles. The molecule has 4 heteroatoms. The highest BCUT2D eigenvalue weighted by Crippen LogP contribution is 2.20. The second-order valence-electron chi connectivity index (χ2n) is 3.45. The van der Waals surface area contributed by atoms with Crippen LogP contribution in [0.5, 0.6) is 0 Å². The highest BCUT2D eigenvalue weighted by Gasteiger charge is 2.25. The van der Waals surface area contributed by atoms with Gasteiger partial charge in [-0.15, -0.1) is 0 Å². The van der Waals surface area contributed by atoms with E-state index in [2.05, 4.69) is 21.2 Å². The lowest BCUT2D eigenvalue weighted by Gasteiger charge is -2.10. The molecular formula is C9H12BrNO2. The van der Waals surface area contributed by atoms with Gasteiger partial charge in [-0.05, 0) is 34.0 Å². The number of β-amino-alcohol motifs (C(OH)–C–C–N with tert-alkyl or cyclic N) is 1. The summed E-state index contributed by atoms with van der Waals surface area (Å²) >= 11 is 3.25.